The van der Waals surface area contributed by atoms with E-state index in [1.807, 2.05) is 54.6 Å². The van der Waals surface area contributed by atoms with Gasteiger partial charge in [-0.1, -0.05) is 41.9 Å². The van der Waals surface area contributed by atoms with Crippen molar-refractivity contribution >= 4 is 29.1 Å². The summed E-state index contributed by atoms with van der Waals surface area (Å²) in [5.41, 5.74) is 2.07. The SMILES string of the molecule is O=C1CC(c2ccccc2)C(=O)N1CN1CCN(c2ccc(Cl)cc2)CC1. The second-order valence-electron chi connectivity index (χ2n) is 7.05. The molecule has 0 N–H and O–H groups in total. The molecule has 0 radical (unpaired) electrons. The number of carbonyl (C=O) groups is 2. The maximum Gasteiger partial charge on any atom is 0.238 e. The Kier molecular flexibility index (Phi) is 5.14. The van der Waals surface area contributed by atoms with E-state index < -0.39 is 0 Å². The van der Waals surface area contributed by atoms with Crippen LogP contribution >= 0.6 is 11.6 Å². The number of amides is 2. The second kappa shape index (κ2) is 7.71. The van der Waals surface area contributed by atoms with E-state index in [0.717, 1.165) is 42.5 Å². The maximum atomic E-state index is 12.8. The maximum absolute atomic E-state index is 12.8. The van der Waals surface area contributed by atoms with Gasteiger partial charge in [0.1, 0.15) is 0 Å². The number of carbonyl (C=O) groups excluding carboxylic acids is 2. The summed E-state index contributed by atoms with van der Waals surface area (Å²) in [6.07, 6.45) is 0.271. The van der Waals surface area contributed by atoms with Crippen molar-refractivity contribution in [3.05, 3.63) is 65.2 Å². The fourth-order valence-electron chi connectivity index (χ4n) is 3.78. The Morgan fingerprint density at radius 1 is 0.889 bits per heavy atom. The monoisotopic (exact) mass is 383 g/mol. The molecule has 140 valence electrons. The quantitative estimate of drug-likeness (QED) is 0.761. The van der Waals surface area contributed by atoms with Crippen molar-refractivity contribution < 1.29 is 9.59 Å². The van der Waals surface area contributed by atoms with E-state index >= 15 is 0 Å². The molecule has 5 nitrogen and oxygen atoms in total. The largest absolute Gasteiger partial charge is 0.369 e. The van der Waals surface area contributed by atoms with Crippen LogP contribution in [-0.4, -0.2) is 54.5 Å². The highest BCUT2D eigenvalue weighted by molar-refractivity contribution is 6.30. The first kappa shape index (κ1) is 18.0. The molecular formula is C21H22ClN3O2. The molecule has 1 unspecified atom stereocenters. The average molecular weight is 384 g/mol. The molecule has 2 fully saturated rings. The molecule has 0 aliphatic carbocycles. The van der Waals surface area contributed by atoms with Gasteiger partial charge in [-0.15, -0.1) is 0 Å². The molecule has 4 rings (SSSR count). The topological polar surface area (TPSA) is 43.9 Å². The highest BCUT2D eigenvalue weighted by Crippen LogP contribution is 2.29. The Labute approximate surface area is 164 Å². The van der Waals surface area contributed by atoms with E-state index in [1.54, 1.807) is 0 Å². The normalized spacial score (nSPS) is 21.1. The van der Waals surface area contributed by atoms with Crippen LogP contribution in [0.4, 0.5) is 5.69 Å². The standard InChI is InChI=1S/C21H22ClN3O2/c22-17-6-8-18(9-7-17)24-12-10-23(11-13-24)15-25-20(26)14-19(21(25)27)16-4-2-1-3-5-16/h1-9,19H,10-15H2. The van der Waals surface area contributed by atoms with Gasteiger partial charge in [-0.05, 0) is 29.8 Å². The minimum atomic E-state index is -0.339. The van der Waals surface area contributed by atoms with E-state index in [9.17, 15) is 9.59 Å². The van der Waals surface area contributed by atoms with Crippen LogP contribution in [0.3, 0.4) is 0 Å². The molecule has 2 aliphatic heterocycles. The number of nitrogens with zero attached hydrogens (tertiary/aromatic N) is 3. The van der Waals surface area contributed by atoms with Gasteiger partial charge >= 0.3 is 0 Å². The first-order valence-corrected chi connectivity index (χ1v) is 9.61. The molecule has 0 spiro atoms. The molecule has 27 heavy (non-hydrogen) atoms. The van der Waals surface area contributed by atoms with Crippen LogP contribution in [0.5, 0.6) is 0 Å². The Morgan fingerprint density at radius 2 is 1.56 bits per heavy atom. The van der Waals surface area contributed by atoms with Crippen molar-refractivity contribution in [2.24, 2.45) is 0 Å². The molecule has 2 saturated heterocycles. The van der Waals surface area contributed by atoms with Crippen LogP contribution in [0.2, 0.25) is 5.02 Å². The zero-order valence-corrected chi connectivity index (χ0v) is 15.8. The number of anilines is 1. The fourth-order valence-corrected chi connectivity index (χ4v) is 3.90. The smallest absolute Gasteiger partial charge is 0.238 e. The summed E-state index contributed by atoms with van der Waals surface area (Å²) >= 11 is 5.96. The van der Waals surface area contributed by atoms with Gasteiger partial charge in [0.2, 0.25) is 11.8 Å². The average Bonchev–Trinajstić information content (AvgIpc) is 2.98. The molecule has 0 aromatic heterocycles. The summed E-state index contributed by atoms with van der Waals surface area (Å²) in [6, 6.07) is 17.4. The third-order valence-electron chi connectivity index (χ3n) is 5.35. The Hall–Kier alpha value is -2.37. The summed E-state index contributed by atoms with van der Waals surface area (Å²) in [6.45, 7) is 3.74. The second-order valence-corrected chi connectivity index (χ2v) is 7.49. The predicted octanol–water partition coefficient (Wildman–Crippen LogP) is 2.96. The number of hydrogen-bond donors (Lipinski definition) is 0. The zero-order chi connectivity index (χ0) is 18.8. The van der Waals surface area contributed by atoms with Gasteiger partial charge in [-0.2, -0.15) is 0 Å². The van der Waals surface area contributed by atoms with Crippen LogP contribution in [-0.2, 0) is 9.59 Å². The fraction of sp³-hybridized carbons (Fsp3) is 0.333. The lowest BCUT2D eigenvalue weighted by Gasteiger charge is -2.37. The summed E-state index contributed by atoms with van der Waals surface area (Å²) in [5, 5.41) is 0.733. The van der Waals surface area contributed by atoms with Gasteiger partial charge in [-0.25, -0.2) is 0 Å². The molecule has 2 amide bonds. The van der Waals surface area contributed by atoms with Gasteiger partial charge in [-0.3, -0.25) is 19.4 Å². The molecule has 2 aromatic rings. The van der Waals surface area contributed by atoms with Crippen molar-refractivity contribution in [2.75, 3.05) is 37.7 Å². The molecule has 0 bridgehead atoms. The van der Waals surface area contributed by atoms with Gasteiger partial charge in [0.15, 0.2) is 0 Å². The van der Waals surface area contributed by atoms with Crippen LogP contribution in [0.1, 0.15) is 17.9 Å². The van der Waals surface area contributed by atoms with E-state index in [-0.39, 0.29) is 24.2 Å². The molecular weight excluding hydrogens is 362 g/mol. The number of hydrogen-bond acceptors (Lipinski definition) is 4. The molecule has 0 saturated carbocycles. The minimum absolute atomic E-state index is 0.0750. The lowest BCUT2D eigenvalue weighted by molar-refractivity contribution is -0.141. The van der Waals surface area contributed by atoms with Crippen LogP contribution in [0.15, 0.2) is 54.6 Å². The number of benzene rings is 2. The number of piperazine rings is 1. The zero-order valence-electron chi connectivity index (χ0n) is 15.1. The van der Waals surface area contributed by atoms with Crippen molar-refractivity contribution in [3.8, 4) is 0 Å². The van der Waals surface area contributed by atoms with E-state index in [2.05, 4.69) is 9.80 Å². The van der Waals surface area contributed by atoms with Gasteiger partial charge in [0.05, 0.1) is 12.6 Å². The lowest BCUT2D eigenvalue weighted by Crippen LogP contribution is -2.51. The molecule has 2 heterocycles. The number of halogens is 1. The van der Waals surface area contributed by atoms with E-state index in [0.29, 0.717) is 6.67 Å². The third-order valence-corrected chi connectivity index (χ3v) is 5.60. The van der Waals surface area contributed by atoms with Crippen molar-refractivity contribution in [1.82, 2.24) is 9.80 Å². The lowest BCUT2D eigenvalue weighted by atomic mass is 9.98. The van der Waals surface area contributed by atoms with Crippen molar-refractivity contribution in [3.63, 3.8) is 0 Å². The van der Waals surface area contributed by atoms with Crippen LogP contribution in [0.25, 0.3) is 0 Å². The molecule has 6 heteroatoms. The van der Waals surface area contributed by atoms with Gasteiger partial charge in [0, 0.05) is 43.3 Å². The van der Waals surface area contributed by atoms with Gasteiger partial charge < -0.3 is 4.90 Å². The third kappa shape index (κ3) is 3.84. The van der Waals surface area contributed by atoms with Gasteiger partial charge in [0.25, 0.3) is 0 Å². The number of rotatable bonds is 4. The Bertz CT molecular complexity index is 817. The summed E-state index contributed by atoms with van der Waals surface area (Å²) in [4.78, 5) is 31.1. The Morgan fingerprint density at radius 3 is 2.22 bits per heavy atom. The number of imide groups is 1. The molecule has 2 aliphatic rings. The first-order valence-electron chi connectivity index (χ1n) is 9.24. The molecule has 1 atom stereocenters. The van der Waals surface area contributed by atoms with Crippen LogP contribution in [0, 0.1) is 0 Å². The summed E-state index contributed by atoms with van der Waals surface area (Å²) in [5.74, 6) is -0.491. The summed E-state index contributed by atoms with van der Waals surface area (Å²) < 4.78 is 0. The molecule has 2 aromatic carbocycles. The first-order chi connectivity index (χ1) is 13.1. The Balaban J connectivity index is 1.35. The predicted molar refractivity (Wildman–Crippen MR) is 106 cm³/mol. The highest BCUT2D eigenvalue weighted by Gasteiger charge is 2.40. The van der Waals surface area contributed by atoms with Crippen LogP contribution < -0.4 is 4.90 Å². The highest BCUT2D eigenvalue weighted by atomic mass is 35.5. The minimum Gasteiger partial charge on any atom is -0.369 e. The van der Waals surface area contributed by atoms with E-state index in [4.69, 9.17) is 11.6 Å². The number of likely N-dealkylation sites (tertiary alicyclic amines) is 1. The summed E-state index contributed by atoms with van der Waals surface area (Å²) in [7, 11) is 0. The van der Waals surface area contributed by atoms with E-state index in [1.165, 1.54) is 4.90 Å². The van der Waals surface area contributed by atoms with Crippen molar-refractivity contribution in [2.45, 2.75) is 12.3 Å². The van der Waals surface area contributed by atoms with Crippen molar-refractivity contribution in [1.29, 1.82) is 0 Å².